The molecular formula is C21H26O4. The third-order valence-corrected chi connectivity index (χ3v) is 5.92. The molecule has 4 heteroatoms. The summed E-state index contributed by atoms with van der Waals surface area (Å²) in [5, 5.41) is 8.95. The van der Waals surface area contributed by atoms with E-state index in [0.29, 0.717) is 23.7 Å². The van der Waals surface area contributed by atoms with Crippen molar-refractivity contribution in [1.82, 2.24) is 0 Å². The highest BCUT2D eigenvalue weighted by Gasteiger charge is 2.44. The van der Waals surface area contributed by atoms with E-state index in [1.165, 1.54) is 32.1 Å². The van der Waals surface area contributed by atoms with Crippen molar-refractivity contribution < 1.29 is 19.4 Å². The van der Waals surface area contributed by atoms with Crippen LogP contribution in [0.1, 0.15) is 56.6 Å². The summed E-state index contributed by atoms with van der Waals surface area (Å²) in [5.74, 6) is 0.684. The van der Waals surface area contributed by atoms with E-state index < -0.39 is 5.97 Å². The first-order chi connectivity index (χ1) is 12.2. The van der Waals surface area contributed by atoms with E-state index >= 15 is 0 Å². The number of para-hydroxylation sites is 1. The molecule has 2 aliphatic carbocycles. The van der Waals surface area contributed by atoms with Gasteiger partial charge >= 0.3 is 5.97 Å². The molecule has 0 amide bonds. The molecule has 0 aromatic heterocycles. The van der Waals surface area contributed by atoms with Crippen LogP contribution in [-0.2, 0) is 9.53 Å². The molecule has 0 bridgehead atoms. The second-order valence-corrected chi connectivity index (χ2v) is 7.45. The van der Waals surface area contributed by atoms with E-state index in [9.17, 15) is 4.79 Å². The average Bonchev–Trinajstić information content (AvgIpc) is 2.66. The van der Waals surface area contributed by atoms with Gasteiger partial charge in [-0.3, -0.25) is 0 Å². The van der Waals surface area contributed by atoms with E-state index in [1.807, 2.05) is 24.3 Å². The molecule has 1 aromatic rings. The second kappa shape index (κ2) is 7.20. The molecule has 1 N–H and O–H groups in total. The van der Waals surface area contributed by atoms with Gasteiger partial charge in [-0.2, -0.15) is 0 Å². The first-order valence-corrected chi connectivity index (χ1v) is 9.53. The molecule has 1 saturated carbocycles. The molecule has 1 saturated heterocycles. The zero-order valence-electron chi connectivity index (χ0n) is 14.5. The molecule has 0 radical (unpaired) electrons. The molecule has 4 rings (SSSR count). The van der Waals surface area contributed by atoms with Gasteiger partial charge in [-0.25, -0.2) is 4.79 Å². The van der Waals surface area contributed by atoms with Crippen LogP contribution in [0.3, 0.4) is 0 Å². The highest BCUT2D eigenvalue weighted by Crippen LogP contribution is 2.52. The van der Waals surface area contributed by atoms with Crippen molar-refractivity contribution in [1.29, 1.82) is 0 Å². The molecule has 4 atom stereocenters. The number of hydrogen-bond donors (Lipinski definition) is 1. The van der Waals surface area contributed by atoms with Crippen LogP contribution in [0.2, 0.25) is 0 Å². The van der Waals surface area contributed by atoms with Gasteiger partial charge < -0.3 is 14.6 Å². The summed E-state index contributed by atoms with van der Waals surface area (Å²) in [5.41, 5.74) is 2.60. The third kappa shape index (κ3) is 3.32. The third-order valence-electron chi connectivity index (χ3n) is 5.92. The molecule has 0 unspecified atom stereocenters. The fourth-order valence-electron chi connectivity index (χ4n) is 4.88. The monoisotopic (exact) mass is 342 g/mol. The predicted molar refractivity (Wildman–Crippen MR) is 94.6 cm³/mol. The molecule has 1 aliphatic heterocycles. The number of benzene rings is 1. The minimum absolute atomic E-state index is 0.0177. The Morgan fingerprint density at radius 1 is 1.12 bits per heavy atom. The number of aliphatic carboxylic acids is 1. The van der Waals surface area contributed by atoms with Gasteiger partial charge in [0.1, 0.15) is 5.75 Å². The van der Waals surface area contributed by atoms with Crippen LogP contribution in [0.25, 0.3) is 0 Å². The van der Waals surface area contributed by atoms with Crippen molar-refractivity contribution in [3.63, 3.8) is 0 Å². The maximum atomic E-state index is 10.9. The number of allylic oxidation sites excluding steroid dienone is 1. The summed E-state index contributed by atoms with van der Waals surface area (Å²) < 4.78 is 12.2. The number of fused-ring (bicyclic) bond motifs is 3. The maximum absolute atomic E-state index is 10.9. The lowest BCUT2D eigenvalue weighted by Gasteiger charge is -2.47. The topological polar surface area (TPSA) is 55.8 Å². The zero-order valence-corrected chi connectivity index (χ0v) is 14.5. The summed E-state index contributed by atoms with van der Waals surface area (Å²) >= 11 is 0. The molecule has 3 aliphatic rings. The lowest BCUT2D eigenvalue weighted by Crippen LogP contribution is -2.41. The van der Waals surface area contributed by atoms with Crippen LogP contribution >= 0.6 is 0 Å². The van der Waals surface area contributed by atoms with Crippen LogP contribution in [0, 0.1) is 11.8 Å². The molecule has 2 fully saturated rings. The second-order valence-electron chi connectivity index (χ2n) is 7.45. The van der Waals surface area contributed by atoms with Crippen LogP contribution in [0.4, 0.5) is 0 Å². The summed E-state index contributed by atoms with van der Waals surface area (Å²) in [7, 11) is 0. The van der Waals surface area contributed by atoms with Crippen molar-refractivity contribution in [2.75, 3.05) is 6.61 Å². The molecule has 0 spiro atoms. The lowest BCUT2D eigenvalue weighted by molar-refractivity contribution is -0.139. The normalized spacial score (nSPS) is 31.4. The molecule has 25 heavy (non-hydrogen) atoms. The van der Waals surface area contributed by atoms with E-state index in [2.05, 4.69) is 6.08 Å². The molecule has 1 heterocycles. The Labute approximate surface area is 148 Å². The van der Waals surface area contributed by atoms with Gasteiger partial charge in [-0.1, -0.05) is 42.7 Å². The number of carbonyl (C=O) groups is 1. The van der Waals surface area contributed by atoms with Gasteiger partial charge in [0.25, 0.3) is 0 Å². The summed E-state index contributed by atoms with van der Waals surface area (Å²) in [4.78, 5) is 10.9. The van der Waals surface area contributed by atoms with E-state index in [1.54, 1.807) is 5.57 Å². The van der Waals surface area contributed by atoms with Crippen molar-refractivity contribution in [2.45, 2.75) is 57.2 Å². The average molecular weight is 342 g/mol. The Balaban J connectivity index is 1.66. The van der Waals surface area contributed by atoms with Crippen LogP contribution in [0.5, 0.6) is 5.75 Å². The first-order valence-electron chi connectivity index (χ1n) is 9.53. The number of hydrogen-bond acceptors (Lipinski definition) is 3. The standard InChI is InChI=1S/C21H26O4/c22-20(23)13-24-18-11-5-4-10-17(18)21-16-9-2-1-7-14(16)15-8-3-6-12-19(15)25-21/h4-5,7,10-11,15-16,19,21H,1-3,6,8-9,12-13H2,(H,22,23)/t15-,16-,19-,21+/m0/s1. The Hall–Kier alpha value is -1.81. The number of carboxylic acid groups (broad SMARTS) is 1. The number of carboxylic acids is 1. The van der Waals surface area contributed by atoms with Crippen molar-refractivity contribution in [3.8, 4) is 5.75 Å². The van der Waals surface area contributed by atoms with E-state index in [0.717, 1.165) is 18.4 Å². The Morgan fingerprint density at radius 3 is 2.80 bits per heavy atom. The highest BCUT2D eigenvalue weighted by molar-refractivity contribution is 5.68. The van der Waals surface area contributed by atoms with Crippen LogP contribution in [0.15, 0.2) is 35.9 Å². The van der Waals surface area contributed by atoms with E-state index in [4.69, 9.17) is 14.6 Å². The predicted octanol–water partition coefficient (Wildman–Crippen LogP) is 4.51. The van der Waals surface area contributed by atoms with Gasteiger partial charge in [0, 0.05) is 17.4 Å². The van der Waals surface area contributed by atoms with Gasteiger partial charge in [-0.15, -0.1) is 0 Å². The van der Waals surface area contributed by atoms with Gasteiger partial charge in [-0.05, 0) is 38.2 Å². The smallest absolute Gasteiger partial charge is 0.341 e. The highest BCUT2D eigenvalue weighted by atomic mass is 16.5. The summed E-state index contributed by atoms with van der Waals surface area (Å²) in [6.45, 7) is -0.316. The van der Waals surface area contributed by atoms with Gasteiger partial charge in [0.15, 0.2) is 6.61 Å². The molecule has 1 aromatic carbocycles. The fraction of sp³-hybridized carbons (Fsp3) is 0.571. The minimum atomic E-state index is -0.954. The van der Waals surface area contributed by atoms with Gasteiger partial charge in [0.05, 0.1) is 12.2 Å². The Bertz CT molecular complexity index is 666. The largest absolute Gasteiger partial charge is 0.482 e. The quantitative estimate of drug-likeness (QED) is 0.818. The Kier molecular flexibility index (Phi) is 4.80. The zero-order chi connectivity index (χ0) is 17.2. The van der Waals surface area contributed by atoms with Gasteiger partial charge in [0.2, 0.25) is 0 Å². The SMILES string of the molecule is O=C(O)COc1ccccc1[C@@H]1O[C@H]2CCCC[C@H]2C2=CCCC[C@@H]21. The van der Waals surface area contributed by atoms with Crippen LogP contribution < -0.4 is 4.74 Å². The number of rotatable bonds is 4. The Morgan fingerprint density at radius 2 is 1.92 bits per heavy atom. The van der Waals surface area contributed by atoms with Crippen molar-refractivity contribution in [2.24, 2.45) is 11.8 Å². The summed E-state index contributed by atoms with van der Waals surface area (Å²) in [6, 6.07) is 7.79. The minimum Gasteiger partial charge on any atom is -0.482 e. The lowest BCUT2D eigenvalue weighted by atomic mass is 9.68. The first kappa shape index (κ1) is 16.6. The summed E-state index contributed by atoms with van der Waals surface area (Å²) in [6.07, 6.45) is 11.2. The molecular weight excluding hydrogens is 316 g/mol. The number of ether oxygens (including phenoxy) is 2. The maximum Gasteiger partial charge on any atom is 0.341 e. The molecule has 134 valence electrons. The van der Waals surface area contributed by atoms with Crippen LogP contribution in [-0.4, -0.2) is 23.8 Å². The fourth-order valence-corrected chi connectivity index (χ4v) is 4.88. The molecule has 4 nitrogen and oxygen atoms in total. The van der Waals surface area contributed by atoms with E-state index in [-0.39, 0.29) is 12.7 Å². The van der Waals surface area contributed by atoms with Crippen molar-refractivity contribution in [3.05, 3.63) is 41.5 Å². The van der Waals surface area contributed by atoms with Crippen molar-refractivity contribution >= 4 is 5.97 Å².